The van der Waals surface area contributed by atoms with Crippen molar-refractivity contribution in [3.8, 4) is 0 Å². The number of nitrogens with one attached hydrogen (secondary N) is 1. The van der Waals surface area contributed by atoms with Crippen molar-refractivity contribution in [1.29, 1.82) is 0 Å². The molecule has 64 heavy (non-hydrogen) atoms. The van der Waals surface area contributed by atoms with Gasteiger partial charge in [-0.25, -0.2) is 0 Å². The minimum Gasteiger partial charge on any atom is -0.462 e. The van der Waals surface area contributed by atoms with E-state index in [1.807, 2.05) is 36.5 Å². The number of unbranched alkanes of at least 4 members (excludes halogenated alkanes) is 30. The Morgan fingerprint density at radius 3 is 1.34 bits per heavy atom. The van der Waals surface area contributed by atoms with E-state index in [-0.39, 0.29) is 24.9 Å². The number of allylic oxidation sites excluding steroid dienone is 10. The van der Waals surface area contributed by atoms with Crippen molar-refractivity contribution in [3.63, 3.8) is 0 Å². The number of aliphatic hydroxyl groups is 2. The molecule has 0 saturated carbocycles. The Morgan fingerprint density at radius 1 is 0.469 bits per heavy atom. The van der Waals surface area contributed by atoms with Crippen LogP contribution >= 0.6 is 0 Å². The van der Waals surface area contributed by atoms with E-state index in [1.54, 1.807) is 0 Å². The van der Waals surface area contributed by atoms with Crippen LogP contribution in [0.5, 0.6) is 0 Å². The maximum absolute atomic E-state index is 13.2. The predicted octanol–water partition coefficient (Wildman–Crippen LogP) is 16.8. The summed E-state index contributed by atoms with van der Waals surface area (Å²) in [5.74, 6) is -0.547. The fraction of sp³-hybridized carbons (Fsp3) is 0.793. The number of carbonyl (C=O) groups excluding carboxylic acids is 2. The summed E-state index contributed by atoms with van der Waals surface area (Å²) >= 11 is 0. The van der Waals surface area contributed by atoms with Crippen molar-refractivity contribution < 1.29 is 24.5 Å². The van der Waals surface area contributed by atoms with Crippen LogP contribution in [0.4, 0.5) is 0 Å². The second-order valence-corrected chi connectivity index (χ2v) is 18.7. The maximum atomic E-state index is 13.2. The van der Waals surface area contributed by atoms with E-state index >= 15 is 0 Å². The van der Waals surface area contributed by atoms with Gasteiger partial charge in [0.15, 0.2) is 0 Å². The number of esters is 1. The van der Waals surface area contributed by atoms with Crippen LogP contribution in [0.15, 0.2) is 60.8 Å². The Bertz CT molecular complexity index is 1140. The molecule has 0 aliphatic carbocycles. The first-order chi connectivity index (χ1) is 31.5. The van der Waals surface area contributed by atoms with Crippen LogP contribution in [0.25, 0.3) is 0 Å². The van der Waals surface area contributed by atoms with E-state index in [0.29, 0.717) is 19.3 Å². The molecule has 0 fully saturated rings. The highest BCUT2D eigenvalue weighted by molar-refractivity contribution is 5.77. The zero-order valence-corrected chi connectivity index (χ0v) is 42.4. The fourth-order valence-electron chi connectivity index (χ4n) is 8.27. The lowest BCUT2D eigenvalue weighted by molar-refractivity contribution is -0.151. The molecule has 0 aromatic rings. The molecule has 3 N–H and O–H groups in total. The third kappa shape index (κ3) is 46.1. The minimum atomic E-state index is -0.808. The number of hydrogen-bond donors (Lipinski definition) is 3. The molecule has 0 rings (SSSR count). The molecule has 6 nitrogen and oxygen atoms in total. The molecule has 372 valence electrons. The van der Waals surface area contributed by atoms with Gasteiger partial charge in [-0.15, -0.1) is 0 Å². The lowest BCUT2D eigenvalue weighted by Gasteiger charge is -2.24. The van der Waals surface area contributed by atoms with E-state index in [4.69, 9.17) is 4.74 Å². The number of amides is 1. The van der Waals surface area contributed by atoms with Gasteiger partial charge in [0.25, 0.3) is 0 Å². The van der Waals surface area contributed by atoms with Gasteiger partial charge < -0.3 is 20.3 Å². The van der Waals surface area contributed by atoms with E-state index < -0.39 is 18.2 Å². The van der Waals surface area contributed by atoms with Gasteiger partial charge >= 0.3 is 5.97 Å². The molecule has 0 aromatic heterocycles. The quantitative estimate of drug-likeness (QED) is 0.0245. The van der Waals surface area contributed by atoms with Gasteiger partial charge in [-0.05, 0) is 64.2 Å². The van der Waals surface area contributed by atoms with Crippen LogP contribution in [-0.4, -0.2) is 46.9 Å². The predicted molar refractivity (Wildman–Crippen MR) is 278 cm³/mol. The molecule has 0 aliphatic rings. The second-order valence-electron chi connectivity index (χ2n) is 18.7. The highest BCUT2D eigenvalue weighted by atomic mass is 16.5. The van der Waals surface area contributed by atoms with Gasteiger partial charge in [0.2, 0.25) is 5.91 Å². The van der Waals surface area contributed by atoms with Gasteiger partial charge in [-0.1, -0.05) is 255 Å². The highest BCUT2D eigenvalue weighted by Gasteiger charge is 2.24. The first kappa shape index (κ1) is 61.6. The van der Waals surface area contributed by atoms with Crippen molar-refractivity contribution in [2.45, 2.75) is 289 Å². The van der Waals surface area contributed by atoms with Gasteiger partial charge in [0.05, 0.1) is 25.2 Å². The molecule has 3 atom stereocenters. The summed E-state index contributed by atoms with van der Waals surface area (Å²) < 4.78 is 5.90. The highest BCUT2D eigenvalue weighted by Crippen LogP contribution is 2.17. The van der Waals surface area contributed by atoms with Crippen LogP contribution in [0.1, 0.15) is 271 Å². The Hall–Kier alpha value is -2.44. The Kier molecular flexibility index (Phi) is 49.6. The van der Waals surface area contributed by atoms with E-state index in [0.717, 1.165) is 64.2 Å². The molecular weight excluding hydrogens is 791 g/mol. The van der Waals surface area contributed by atoms with Gasteiger partial charge in [-0.2, -0.15) is 0 Å². The maximum Gasteiger partial charge on any atom is 0.306 e. The van der Waals surface area contributed by atoms with Crippen molar-refractivity contribution in [2.75, 3.05) is 6.61 Å². The normalized spacial score (nSPS) is 13.6. The summed E-state index contributed by atoms with van der Waals surface area (Å²) in [5.41, 5.74) is 0. The molecule has 0 spiro atoms. The first-order valence-electron chi connectivity index (χ1n) is 27.6. The minimum absolute atomic E-state index is 0.0281. The molecule has 0 radical (unpaired) electrons. The van der Waals surface area contributed by atoms with Crippen LogP contribution in [-0.2, 0) is 14.3 Å². The molecule has 0 aromatic carbocycles. The molecular formula is C58H105NO5. The summed E-state index contributed by atoms with van der Waals surface area (Å²) in [6, 6.07) is -0.725. The van der Waals surface area contributed by atoms with E-state index in [9.17, 15) is 19.8 Å². The monoisotopic (exact) mass is 896 g/mol. The standard InChI is InChI=1S/C58H105NO5/c1-4-7-10-13-16-19-22-24-26-28-29-31-33-36-39-42-45-48-51-58(63)64-54(49-46-43-40-37-34-21-18-15-12-9-6-3)52-57(62)59-55(53-60)56(61)50-47-44-41-38-35-32-30-27-25-23-20-17-14-11-8-5-2/h9,12,15,18,21,29,31,34,37,40,54-56,60-61H,4-8,10-11,13-14,16-17,19-20,22-28,30,32-33,35-36,38-39,41-53H2,1-3H3,(H,59,62)/b12-9+,18-15+,31-29+,34-21-,40-37-. The van der Waals surface area contributed by atoms with Crippen LogP contribution < -0.4 is 5.32 Å². The summed E-state index contributed by atoms with van der Waals surface area (Å²) in [6.07, 6.45) is 64.4. The second kappa shape index (κ2) is 51.5. The Morgan fingerprint density at radius 2 is 0.875 bits per heavy atom. The van der Waals surface area contributed by atoms with Crippen molar-refractivity contribution >= 4 is 11.9 Å². The number of rotatable bonds is 49. The number of aliphatic hydroxyl groups excluding tert-OH is 2. The topological polar surface area (TPSA) is 95.9 Å². The molecule has 6 heteroatoms. The Balaban J connectivity index is 4.53. The number of ether oxygens (including phenoxy) is 1. The van der Waals surface area contributed by atoms with Gasteiger partial charge in [0.1, 0.15) is 6.10 Å². The van der Waals surface area contributed by atoms with Crippen LogP contribution in [0.3, 0.4) is 0 Å². The van der Waals surface area contributed by atoms with Crippen molar-refractivity contribution in [2.24, 2.45) is 0 Å². The summed E-state index contributed by atoms with van der Waals surface area (Å²) in [7, 11) is 0. The third-order valence-corrected chi connectivity index (χ3v) is 12.4. The van der Waals surface area contributed by atoms with E-state index in [2.05, 4.69) is 50.4 Å². The zero-order valence-electron chi connectivity index (χ0n) is 42.4. The molecule has 0 saturated heterocycles. The van der Waals surface area contributed by atoms with Gasteiger partial charge in [0, 0.05) is 6.42 Å². The average molecular weight is 896 g/mol. The molecule has 0 heterocycles. The van der Waals surface area contributed by atoms with Crippen molar-refractivity contribution in [3.05, 3.63) is 60.8 Å². The van der Waals surface area contributed by atoms with Crippen LogP contribution in [0.2, 0.25) is 0 Å². The van der Waals surface area contributed by atoms with Gasteiger partial charge in [-0.3, -0.25) is 9.59 Å². The summed E-state index contributed by atoms with van der Waals surface area (Å²) in [4.78, 5) is 26.1. The number of carbonyl (C=O) groups is 2. The zero-order chi connectivity index (χ0) is 46.7. The first-order valence-corrected chi connectivity index (χ1v) is 27.6. The molecule has 0 bridgehead atoms. The average Bonchev–Trinajstić information content (AvgIpc) is 3.29. The largest absolute Gasteiger partial charge is 0.462 e. The SMILES string of the molecule is CC/C=C/C=C/C=C\C=C/CCCC(CC(=O)NC(CO)C(O)CCCCCCCCCCCCCCCCCC)OC(=O)CCCCCCC/C=C/CCCCCCCCCCC. The summed E-state index contributed by atoms with van der Waals surface area (Å²) in [5, 5.41) is 23.8. The smallest absolute Gasteiger partial charge is 0.306 e. The lowest BCUT2D eigenvalue weighted by Crippen LogP contribution is -2.46. The molecule has 0 aliphatic heterocycles. The molecule has 3 unspecified atom stereocenters. The summed E-state index contributed by atoms with van der Waals surface area (Å²) in [6.45, 7) is 6.34. The lowest BCUT2D eigenvalue weighted by atomic mass is 10.0. The Labute approximate surface area is 397 Å². The fourth-order valence-corrected chi connectivity index (χ4v) is 8.27. The van der Waals surface area contributed by atoms with Crippen LogP contribution in [0, 0.1) is 0 Å². The third-order valence-electron chi connectivity index (χ3n) is 12.4. The van der Waals surface area contributed by atoms with E-state index in [1.165, 1.54) is 161 Å². The molecule has 1 amide bonds. The van der Waals surface area contributed by atoms with Crippen molar-refractivity contribution in [1.82, 2.24) is 5.32 Å². The number of hydrogen-bond acceptors (Lipinski definition) is 5.